The van der Waals surface area contributed by atoms with Crippen LogP contribution in [0.4, 0.5) is 0 Å². The first-order valence-corrected chi connectivity index (χ1v) is 5.94. The third-order valence-corrected chi connectivity index (χ3v) is 3.46. The summed E-state index contributed by atoms with van der Waals surface area (Å²) in [5.74, 6) is -1.07. The zero-order valence-electron chi connectivity index (χ0n) is 9.89. The van der Waals surface area contributed by atoms with Gasteiger partial charge in [-0.2, -0.15) is 0 Å². The number of aromatic nitrogens is 1. The number of hydrogen-bond donors (Lipinski definition) is 1. The first kappa shape index (κ1) is 12.8. The molecule has 18 heavy (non-hydrogen) atoms. The van der Waals surface area contributed by atoms with Crippen LogP contribution in [0, 0.1) is 5.41 Å². The lowest BCUT2D eigenvalue weighted by molar-refractivity contribution is -0.147. The Morgan fingerprint density at radius 2 is 2.28 bits per heavy atom. The van der Waals surface area contributed by atoms with E-state index in [0.717, 1.165) is 0 Å². The van der Waals surface area contributed by atoms with Crippen molar-refractivity contribution in [1.29, 1.82) is 0 Å². The molecule has 96 valence electrons. The molecule has 1 aliphatic heterocycles. The van der Waals surface area contributed by atoms with Crippen LogP contribution in [-0.2, 0) is 4.79 Å². The molecule has 0 bridgehead atoms. The Labute approximate surface area is 109 Å². The number of likely N-dealkylation sites (tertiary alicyclic amines) is 1. The molecular weight excluding hydrogens is 256 g/mol. The van der Waals surface area contributed by atoms with Gasteiger partial charge in [0.2, 0.25) is 0 Å². The highest BCUT2D eigenvalue weighted by atomic mass is 35.5. The number of amides is 1. The maximum Gasteiger partial charge on any atom is 0.311 e. The standard InChI is InChI=1S/C12H13ClN2O3/c1-12(11(17)18)3-5-15(7-12)10(16)8-2-4-14-9(13)6-8/h2,4,6H,3,5,7H2,1H3,(H,17,18). The average Bonchev–Trinajstić information content (AvgIpc) is 2.72. The zero-order valence-corrected chi connectivity index (χ0v) is 10.6. The van der Waals surface area contributed by atoms with Crippen LogP contribution < -0.4 is 0 Å². The highest BCUT2D eigenvalue weighted by Gasteiger charge is 2.42. The normalized spacial score (nSPS) is 23.1. The molecule has 1 aliphatic rings. The summed E-state index contributed by atoms with van der Waals surface area (Å²) in [5.41, 5.74) is -0.420. The van der Waals surface area contributed by atoms with Crippen molar-refractivity contribution in [2.45, 2.75) is 13.3 Å². The molecular formula is C12H13ClN2O3. The minimum atomic E-state index is -0.870. The second-order valence-electron chi connectivity index (χ2n) is 4.71. The molecule has 5 nitrogen and oxygen atoms in total. The van der Waals surface area contributed by atoms with E-state index in [1.165, 1.54) is 12.3 Å². The van der Waals surface area contributed by atoms with E-state index >= 15 is 0 Å². The molecule has 6 heteroatoms. The maximum absolute atomic E-state index is 12.2. The summed E-state index contributed by atoms with van der Waals surface area (Å²) < 4.78 is 0. The van der Waals surface area contributed by atoms with Crippen molar-refractivity contribution >= 4 is 23.5 Å². The van der Waals surface area contributed by atoms with E-state index in [1.807, 2.05) is 0 Å². The van der Waals surface area contributed by atoms with Crippen molar-refractivity contribution < 1.29 is 14.7 Å². The average molecular weight is 269 g/mol. The fraction of sp³-hybridized carbons (Fsp3) is 0.417. The van der Waals surface area contributed by atoms with Gasteiger partial charge in [-0.25, -0.2) is 4.98 Å². The molecule has 1 aromatic heterocycles. The molecule has 2 rings (SSSR count). The Bertz CT molecular complexity index is 506. The first-order valence-electron chi connectivity index (χ1n) is 5.57. The maximum atomic E-state index is 12.2. The van der Waals surface area contributed by atoms with E-state index in [-0.39, 0.29) is 17.6 Å². The van der Waals surface area contributed by atoms with Crippen LogP contribution in [0.25, 0.3) is 0 Å². The van der Waals surface area contributed by atoms with Gasteiger partial charge in [-0.1, -0.05) is 11.6 Å². The number of rotatable bonds is 2. The molecule has 1 aromatic rings. The minimum absolute atomic E-state index is 0.204. The number of carboxylic acid groups (broad SMARTS) is 1. The SMILES string of the molecule is CC1(C(=O)O)CCN(C(=O)c2ccnc(Cl)c2)C1. The van der Waals surface area contributed by atoms with E-state index in [4.69, 9.17) is 16.7 Å². The van der Waals surface area contributed by atoms with E-state index < -0.39 is 11.4 Å². The molecule has 2 heterocycles. The Balaban J connectivity index is 2.15. The summed E-state index contributed by atoms with van der Waals surface area (Å²) in [4.78, 5) is 28.6. The number of halogens is 1. The predicted octanol–water partition coefficient (Wildman–Crippen LogP) is 1.67. The van der Waals surface area contributed by atoms with E-state index in [0.29, 0.717) is 18.5 Å². The second-order valence-corrected chi connectivity index (χ2v) is 5.10. The van der Waals surface area contributed by atoms with Crippen LogP contribution in [0.5, 0.6) is 0 Å². The molecule has 0 radical (unpaired) electrons. The van der Waals surface area contributed by atoms with Crippen molar-refractivity contribution in [1.82, 2.24) is 9.88 Å². The highest BCUT2D eigenvalue weighted by Crippen LogP contribution is 2.31. The number of pyridine rings is 1. The highest BCUT2D eigenvalue weighted by molar-refractivity contribution is 6.29. The second kappa shape index (κ2) is 4.57. The first-order chi connectivity index (χ1) is 8.42. The molecule has 1 atom stereocenters. The summed E-state index contributed by atoms with van der Waals surface area (Å²) in [6.07, 6.45) is 1.93. The molecule has 1 saturated heterocycles. The van der Waals surface area contributed by atoms with Gasteiger partial charge in [0, 0.05) is 24.8 Å². The number of carbonyl (C=O) groups is 2. The third-order valence-electron chi connectivity index (χ3n) is 3.25. The van der Waals surface area contributed by atoms with Gasteiger partial charge in [0.25, 0.3) is 5.91 Å². The summed E-state index contributed by atoms with van der Waals surface area (Å²) in [5, 5.41) is 9.37. The smallest absolute Gasteiger partial charge is 0.311 e. The summed E-state index contributed by atoms with van der Waals surface area (Å²) in [6.45, 7) is 2.32. The Morgan fingerprint density at radius 3 is 2.83 bits per heavy atom. The van der Waals surface area contributed by atoms with Gasteiger partial charge in [0.1, 0.15) is 5.15 Å². The fourth-order valence-corrected chi connectivity index (χ4v) is 2.20. The molecule has 0 aromatic carbocycles. The fourth-order valence-electron chi connectivity index (χ4n) is 2.03. The monoisotopic (exact) mass is 268 g/mol. The van der Waals surface area contributed by atoms with Crippen LogP contribution in [0.15, 0.2) is 18.3 Å². The quantitative estimate of drug-likeness (QED) is 0.829. The topological polar surface area (TPSA) is 70.5 Å². The molecule has 1 fully saturated rings. The lowest BCUT2D eigenvalue weighted by atomic mass is 9.90. The number of carboxylic acids is 1. The lowest BCUT2D eigenvalue weighted by Crippen LogP contribution is -2.34. The third kappa shape index (κ3) is 2.31. The lowest BCUT2D eigenvalue weighted by Gasteiger charge is -2.20. The molecule has 1 unspecified atom stereocenters. The summed E-state index contributed by atoms with van der Waals surface area (Å²) in [7, 11) is 0. The number of nitrogens with zero attached hydrogens (tertiary/aromatic N) is 2. The molecule has 0 saturated carbocycles. The molecule has 0 aliphatic carbocycles. The van der Waals surface area contributed by atoms with E-state index in [9.17, 15) is 9.59 Å². The number of carbonyl (C=O) groups excluding carboxylic acids is 1. The van der Waals surface area contributed by atoms with Crippen molar-refractivity contribution in [3.8, 4) is 0 Å². The van der Waals surface area contributed by atoms with Crippen LogP contribution in [-0.4, -0.2) is 40.0 Å². The van der Waals surface area contributed by atoms with Gasteiger partial charge in [-0.15, -0.1) is 0 Å². The van der Waals surface area contributed by atoms with Crippen LogP contribution in [0.1, 0.15) is 23.7 Å². The Hall–Kier alpha value is -1.62. The van der Waals surface area contributed by atoms with Gasteiger partial charge in [0.15, 0.2) is 0 Å². The van der Waals surface area contributed by atoms with Crippen molar-refractivity contribution in [3.05, 3.63) is 29.0 Å². The largest absolute Gasteiger partial charge is 0.481 e. The minimum Gasteiger partial charge on any atom is -0.481 e. The Morgan fingerprint density at radius 1 is 1.56 bits per heavy atom. The van der Waals surface area contributed by atoms with Crippen LogP contribution in [0.2, 0.25) is 5.15 Å². The Kier molecular flexibility index (Phi) is 3.26. The molecule has 1 amide bonds. The van der Waals surface area contributed by atoms with Crippen LogP contribution in [0.3, 0.4) is 0 Å². The molecule has 0 spiro atoms. The predicted molar refractivity (Wildman–Crippen MR) is 65.5 cm³/mol. The van der Waals surface area contributed by atoms with Crippen molar-refractivity contribution in [2.75, 3.05) is 13.1 Å². The van der Waals surface area contributed by atoms with E-state index in [2.05, 4.69) is 4.98 Å². The number of aliphatic carboxylic acids is 1. The van der Waals surface area contributed by atoms with Crippen molar-refractivity contribution in [2.24, 2.45) is 5.41 Å². The van der Waals surface area contributed by atoms with Gasteiger partial charge >= 0.3 is 5.97 Å². The van der Waals surface area contributed by atoms with Gasteiger partial charge in [-0.3, -0.25) is 9.59 Å². The summed E-state index contributed by atoms with van der Waals surface area (Å²) >= 11 is 5.73. The zero-order chi connectivity index (χ0) is 13.3. The number of hydrogen-bond acceptors (Lipinski definition) is 3. The van der Waals surface area contributed by atoms with Gasteiger partial charge < -0.3 is 10.0 Å². The van der Waals surface area contributed by atoms with Gasteiger partial charge in [-0.05, 0) is 25.5 Å². The van der Waals surface area contributed by atoms with Crippen molar-refractivity contribution in [3.63, 3.8) is 0 Å². The van der Waals surface area contributed by atoms with E-state index in [1.54, 1.807) is 17.9 Å². The van der Waals surface area contributed by atoms with Gasteiger partial charge in [0.05, 0.1) is 5.41 Å². The van der Waals surface area contributed by atoms with Crippen LogP contribution >= 0.6 is 11.6 Å². The summed E-state index contributed by atoms with van der Waals surface area (Å²) in [6, 6.07) is 3.06. The molecule has 1 N–H and O–H groups in total.